The smallest absolute Gasteiger partial charge is 0.297 e. The van der Waals surface area contributed by atoms with E-state index in [2.05, 4.69) is 27.1 Å². The third-order valence-electron chi connectivity index (χ3n) is 1.70. The summed E-state index contributed by atoms with van der Waals surface area (Å²) in [6.07, 6.45) is 0.467. The molecule has 2 aromatic rings. The number of fused-ring (bicyclic) bond motifs is 1. The molecule has 0 amide bonds. The molecule has 2 rings (SSSR count). The standard InChI is InChI=1S/C8H3BrF3N2/c9-6-3-5(8(10,11)12)4-14-2-1-13-7(6)14/h1,3-4H. The Morgan fingerprint density at radius 3 is 2.79 bits per heavy atom. The zero-order chi connectivity index (χ0) is 10.3. The summed E-state index contributed by atoms with van der Waals surface area (Å²) < 4.78 is 38.5. The fourth-order valence-corrected chi connectivity index (χ4v) is 1.62. The largest absolute Gasteiger partial charge is 0.417 e. The molecule has 0 unspecified atom stereocenters. The summed E-state index contributed by atoms with van der Waals surface area (Å²) in [5.74, 6) is 0. The maximum absolute atomic E-state index is 12.3. The van der Waals surface area contributed by atoms with Crippen molar-refractivity contribution in [1.29, 1.82) is 0 Å². The van der Waals surface area contributed by atoms with Gasteiger partial charge in [-0.15, -0.1) is 0 Å². The van der Waals surface area contributed by atoms with Gasteiger partial charge in [0, 0.05) is 6.20 Å². The molecule has 0 fully saturated rings. The van der Waals surface area contributed by atoms with Crippen molar-refractivity contribution in [2.45, 2.75) is 6.18 Å². The molecule has 1 radical (unpaired) electrons. The van der Waals surface area contributed by atoms with Crippen LogP contribution in [0.3, 0.4) is 0 Å². The van der Waals surface area contributed by atoms with Gasteiger partial charge in [-0.05, 0) is 22.0 Å². The van der Waals surface area contributed by atoms with Gasteiger partial charge in [0.15, 0.2) is 5.65 Å². The highest BCUT2D eigenvalue weighted by molar-refractivity contribution is 9.10. The lowest BCUT2D eigenvalue weighted by Crippen LogP contribution is -2.06. The SMILES string of the molecule is FC(F)(F)c1cc(Br)c2nc[c]n2c1. The molecule has 0 atom stereocenters. The van der Waals surface area contributed by atoms with E-state index in [1.807, 2.05) is 0 Å². The van der Waals surface area contributed by atoms with E-state index < -0.39 is 11.7 Å². The highest BCUT2D eigenvalue weighted by Crippen LogP contribution is 2.31. The van der Waals surface area contributed by atoms with Crippen molar-refractivity contribution in [2.75, 3.05) is 0 Å². The monoisotopic (exact) mass is 263 g/mol. The van der Waals surface area contributed by atoms with Gasteiger partial charge in [0.25, 0.3) is 0 Å². The van der Waals surface area contributed by atoms with Gasteiger partial charge in [-0.3, -0.25) is 4.40 Å². The summed E-state index contributed by atoms with van der Waals surface area (Å²) in [6, 6.07) is 0.996. The zero-order valence-corrected chi connectivity index (χ0v) is 8.22. The molecule has 2 heterocycles. The average Bonchev–Trinajstić information content (AvgIpc) is 2.50. The minimum Gasteiger partial charge on any atom is -0.297 e. The van der Waals surface area contributed by atoms with E-state index in [9.17, 15) is 13.2 Å². The summed E-state index contributed by atoms with van der Waals surface area (Å²) in [5.41, 5.74) is -0.316. The van der Waals surface area contributed by atoms with Crippen molar-refractivity contribution in [3.05, 3.63) is 34.7 Å². The number of halogens is 4. The second-order valence-electron chi connectivity index (χ2n) is 2.66. The van der Waals surface area contributed by atoms with Crippen LogP contribution in [0.15, 0.2) is 22.9 Å². The Morgan fingerprint density at radius 2 is 2.14 bits per heavy atom. The number of imidazole rings is 1. The fraction of sp³-hybridized carbons (Fsp3) is 0.125. The van der Waals surface area contributed by atoms with Crippen molar-refractivity contribution in [3.63, 3.8) is 0 Å². The lowest BCUT2D eigenvalue weighted by molar-refractivity contribution is -0.137. The van der Waals surface area contributed by atoms with E-state index in [1.165, 1.54) is 10.6 Å². The molecule has 6 heteroatoms. The molecule has 0 aliphatic rings. The van der Waals surface area contributed by atoms with Crippen LogP contribution < -0.4 is 0 Å². The Hall–Kier alpha value is -1.04. The Kier molecular flexibility index (Phi) is 2.02. The predicted molar refractivity (Wildman–Crippen MR) is 46.7 cm³/mol. The average molecular weight is 264 g/mol. The first-order chi connectivity index (χ1) is 6.48. The quantitative estimate of drug-likeness (QED) is 0.715. The number of hydrogen-bond acceptors (Lipinski definition) is 1. The van der Waals surface area contributed by atoms with Crippen molar-refractivity contribution in [2.24, 2.45) is 0 Å². The topological polar surface area (TPSA) is 17.3 Å². The van der Waals surface area contributed by atoms with Crippen LogP contribution in [-0.4, -0.2) is 9.38 Å². The van der Waals surface area contributed by atoms with Crippen LogP contribution in [0.2, 0.25) is 0 Å². The van der Waals surface area contributed by atoms with Crippen molar-refractivity contribution < 1.29 is 13.2 Å². The number of rotatable bonds is 0. The van der Waals surface area contributed by atoms with Crippen molar-refractivity contribution in [1.82, 2.24) is 9.38 Å². The summed E-state index contributed by atoms with van der Waals surface area (Å²) in [4.78, 5) is 3.83. The van der Waals surface area contributed by atoms with Crippen LogP contribution >= 0.6 is 15.9 Å². The van der Waals surface area contributed by atoms with Crippen LogP contribution in [0.5, 0.6) is 0 Å². The lowest BCUT2D eigenvalue weighted by Gasteiger charge is -2.07. The maximum atomic E-state index is 12.3. The molecule has 0 N–H and O–H groups in total. The van der Waals surface area contributed by atoms with Gasteiger partial charge in [-0.25, -0.2) is 4.98 Å². The van der Waals surface area contributed by atoms with Crippen LogP contribution in [0.4, 0.5) is 13.2 Å². The molecule has 0 aliphatic heterocycles. The number of pyridine rings is 1. The number of aromatic nitrogens is 2. The van der Waals surface area contributed by atoms with E-state index in [0.29, 0.717) is 10.1 Å². The molecule has 2 aromatic heterocycles. The first-order valence-corrected chi connectivity index (χ1v) is 4.39. The van der Waals surface area contributed by atoms with Crippen molar-refractivity contribution in [3.8, 4) is 0 Å². The van der Waals surface area contributed by atoms with E-state index in [1.54, 1.807) is 0 Å². The first-order valence-electron chi connectivity index (χ1n) is 3.60. The molecular formula is C8H3BrF3N2. The van der Waals surface area contributed by atoms with E-state index in [4.69, 9.17) is 0 Å². The third-order valence-corrected chi connectivity index (χ3v) is 2.29. The number of alkyl halides is 3. The zero-order valence-electron chi connectivity index (χ0n) is 6.64. The Balaban J connectivity index is 2.70. The molecule has 0 spiro atoms. The molecule has 0 aromatic carbocycles. The predicted octanol–water partition coefficient (Wildman–Crippen LogP) is 2.92. The van der Waals surface area contributed by atoms with E-state index >= 15 is 0 Å². The van der Waals surface area contributed by atoms with Crippen LogP contribution in [0.1, 0.15) is 5.56 Å². The Labute approximate surface area is 85.5 Å². The maximum Gasteiger partial charge on any atom is 0.417 e. The highest BCUT2D eigenvalue weighted by atomic mass is 79.9. The minimum atomic E-state index is -4.35. The summed E-state index contributed by atoms with van der Waals surface area (Å²) in [5, 5.41) is 0. The summed E-state index contributed by atoms with van der Waals surface area (Å²) in [6.45, 7) is 0. The fourth-order valence-electron chi connectivity index (χ4n) is 1.08. The molecule has 73 valence electrons. The second kappa shape index (κ2) is 2.98. The third kappa shape index (κ3) is 1.50. The minimum absolute atomic E-state index is 0.300. The van der Waals surface area contributed by atoms with Gasteiger partial charge < -0.3 is 0 Å². The summed E-state index contributed by atoms with van der Waals surface area (Å²) in [7, 11) is 0. The van der Waals surface area contributed by atoms with Crippen LogP contribution in [-0.2, 0) is 6.18 Å². The molecule has 0 bridgehead atoms. The lowest BCUT2D eigenvalue weighted by atomic mass is 10.3. The van der Waals surface area contributed by atoms with E-state index in [-0.39, 0.29) is 0 Å². The molecule has 14 heavy (non-hydrogen) atoms. The van der Waals surface area contributed by atoms with Crippen LogP contribution in [0, 0.1) is 6.20 Å². The Bertz CT molecular complexity index is 475. The molecular weight excluding hydrogens is 261 g/mol. The molecule has 0 aliphatic carbocycles. The number of nitrogens with zero attached hydrogens (tertiary/aromatic N) is 2. The summed E-state index contributed by atoms with van der Waals surface area (Å²) >= 11 is 3.02. The Morgan fingerprint density at radius 1 is 1.43 bits per heavy atom. The van der Waals surface area contributed by atoms with Crippen LogP contribution in [0.25, 0.3) is 5.65 Å². The number of hydrogen-bond donors (Lipinski definition) is 0. The molecule has 2 nitrogen and oxygen atoms in total. The second-order valence-corrected chi connectivity index (χ2v) is 3.51. The van der Waals surface area contributed by atoms with E-state index in [0.717, 1.165) is 12.3 Å². The van der Waals surface area contributed by atoms with Gasteiger partial charge in [-0.2, -0.15) is 13.2 Å². The molecule has 0 saturated heterocycles. The molecule has 0 saturated carbocycles. The van der Waals surface area contributed by atoms with Gasteiger partial charge in [0.1, 0.15) is 0 Å². The highest BCUT2D eigenvalue weighted by Gasteiger charge is 2.31. The van der Waals surface area contributed by atoms with Gasteiger partial charge >= 0.3 is 6.18 Å². The van der Waals surface area contributed by atoms with Gasteiger partial charge in [0.2, 0.25) is 0 Å². The normalized spacial score (nSPS) is 12.3. The van der Waals surface area contributed by atoms with Gasteiger partial charge in [0.05, 0.1) is 22.4 Å². The van der Waals surface area contributed by atoms with Gasteiger partial charge in [-0.1, -0.05) is 0 Å². The van der Waals surface area contributed by atoms with Crippen molar-refractivity contribution >= 4 is 21.6 Å². The first kappa shape index (κ1) is 9.51.